The summed E-state index contributed by atoms with van der Waals surface area (Å²) in [4.78, 5) is 0. The van der Waals surface area contributed by atoms with Crippen molar-refractivity contribution in [2.75, 3.05) is 24.6 Å². The molecule has 5 aromatic carbocycles. The molecule has 1 aliphatic carbocycles. The van der Waals surface area contributed by atoms with Crippen LogP contribution in [0.3, 0.4) is 0 Å². The Morgan fingerprint density at radius 1 is 0.383 bits per heavy atom. The van der Waals surface area contributed by atoms with Crippen molar-refractivity contribution in [1.82, 2.24) is 0 Å². The van der Waals surface area contributed by atoms with E-state index in [-0.39, 0.29) is 40.4 Å². The van der Waals surface area contributed by atoms with Crippen molar-refractivity contribution in [3.63, 3.8) is 0 Å². The SMILES string of the molecule is [CH]1[CH]CC[CH][CH]CC1.[Cl-].[Ir].c1ccc(P(CC[PH+](c2ccccc2)c2ccccc2)CC[PH+](c2ccccc2)c2ccccc2)cc1. The molecule has 0 N–H and O–H groups in total. The molecule has 47 heavy (non-hydrogen) atoms. The zero-order chi connectivity index (χ0) is 30.8. The third kappa shape index (κ3) is 13.6. The van der Waals surface area contributed by atoms with Gasteiger partial charge in [-0.15, -0.1) is 0 Å². The zero-order valence-electron chi connectivity index (χ0n) is 27.1. The Morgan fingerprint density at radius 2 is 0.638 bits per heavy atom. The molecular weight excluding hydrogens is 825 g/mol. The molecule has 0 aromatic heterocycles. The summed E-state index contributed by atoms with van der Waals surface area (Å²) in [6.07, 6.45) is 19.1. The molecule has 0 nitrogen and oxygen atoms in total. The fourth-order valence-corrected chi connectivity index (χ4v) is 15.3. The van der Waals surface area contributed by atoms with Gasteiger partial charge in [0.2, 0.25) is 0 Å². The van der Waals surface area contributed by atoms with Crippen LogP contribution in [-0.2, 0) is 20.1 Å². The minimum absolute atomic E-state index is 0. The number of hydrogen-bond donors (Lipinski definition) is 0. The fraction of sp³-hybridized carbons (Fsp3) is 0.190. The molecule has 6 rings (SSSR count). The summed E-state index contributed by atoms with van der Waals surface area (Å²) in [6, 6.07) is 56.3. The predicted octanol–water partition coefficient (Wildman–Crippen LogP) is 5.90. The van der Waals surface area contributed by atoms with Crippen LogP contribution in [0.1, 0.15) is 25.7 Å². The second kappa shape index (κ2) is 23.6. The van der Waals surface area contributed by atoms with Crippen LogP contribution in [-0.4, -0.2) is 24.6 Å². The Balaban J connectivity index is 0.000000527. The Hall–Kier alpha value is -1.67. The molecule has 1 fully saturated rings. The monoisotopic (exact) mass is 872 g/mol. The fourth-order valence-electron chi connectivity index (χ4n) is 5.83. The summed E-state index contributed by atoms with van der Waals surface area (Å²) in [5.41, 5.74) is 0. The van der Waals surface area contributed by atoms with Gasteiger partial charge in [-0.25, -0.2) is 0 Å². The zero-order valence-corrected chi connectivity index (χ0v) is 33.1. The van der Waals surface area contributed by atoms with E-state index in [1.54, 1.807) is 5.30 Å². The van der Waals surface area contributed by atoms with Crippen LogP contribution in [0.15, 0.2) is 152 Å². The summed E-state index contributed by atoms with van der Waals surface area (Å²) in [7, 11) is -1.87. The van der Waals surface area contributed by atoms with Crippen molar-refractivity contribution in [3.8, 4) is 0 Å². The van der Waals surface area contributed by atoms with Crippen molar-refractivity contribution in [1.29, 1.82) is 0 Å². The van der Waals surface area contributed by atoms with Gasteiger partial charge in [-0.1, -0.05) is 111 Å². The third-order valence-corrected chi connectivity index (χ3v) is 17.2. The molecule has 1 saturated carbocycles. The Bertz CT molecular complexity index is 1270. The van der Waals surface area contributed by atoms with Gasteiger partial charge >= 0.3 is 0 Å². The van der Waals surface area contributed by atoms with Crippen LogP contribution >= 0.6 is 23.8 Å². The predicted molar refractivity (Wildman–Crippen MR) is 209 cm³/mol. The molecule has 0 unspecified atom stereocenters. The summed E-state index contributed by atoms with van der Waals surface area (Å²) in [5.74, 6) is 0. The normalized spacial score (nSPS) is 13.0. The minimum atomic E-state index is -0.819. The molecular formula is C42H47ClIrP3+. The van der Waals surface area contributed by atoms with Crippen molar-refractivity contribution < 1.29 is 32.5 Å². The maximum Gasteiger partial charge on any atom is 0.0967 e. The van der Waals surface area contributed by atoms with Crippen LogP contribution in [0, 0.1) is 25.7 Å². The van der Waals surface area contributed by atoms with Gasteiger partial charge in [0.1, 0.15) is 0 Å². The molecule has 0 atom stereocenters. The van der Waals surface area contributed by atoms with Gasteiger partial charge in [-0.2, -0.15) is 0 Å². The second-order valence-electron chi connectivity index (χ2n) is 11.3. The first-order valence-corrected chi connectivity index (χ1v) is 21.5. The van der Waals surface area contributed by atoms with E-state index in [2.05, 4.69) is 177 Å². The van der Waals surface area contributed by atoms with Crippen molar-refractivity contribution in [2.45, 2.75) is 25.7 Å². The van der Waals surface area contributed by atoms with E-state index in [4.69, 9.17) is 0 Å². The average molecular weight is 872 g/mol. The molecule has 0 heterocycles. The van der Waals surface area contributed by atoms with E-state index >= 15 is 0 Å². The number of rotatable bonds is 11. The molecule has 5 aromatic rings. The van der Waals surface area contributed by atoms with E-state index in [0.717, 1.165) is 0 Å². The summed E-state index contributed by atoms with van der Waals surface area (Å²) >= 11 is 0. The molecule has 0 aliphatic heterocycles. The summed E-state index contributed by atoms with van der Waals surface area (Å²) in [6.45, 7) is 0. The summed E-state index contributed by atoms with van der Waals surface area (Å²) < 4.78 is 0. The first-order valence-electron chi connectivity index (χ1n) is 16.4. The van der Waals surface area contributed by atoms with Crippen LogP contribution in [0.2, 0.25) is 0 Å². The Morgan fingerprint density at radius 3 is 0.915 bits per heavy atom. The second-order valence-corrected chi connectivity index (χ2v) is 19.1. The van der Waals surface area contributed by atoms with Crippen LogP contribution < -0.4 is 38.9 Å². The topological polar surface area (TPSA) is 0 Å². The Kier molecular flexibility index (Phi) is 20.0. The molecule has 0 spiro atoms. The molecule has 5 heteroatoms. The number of hydrogen-bond acceptors (Lipinski definition) is 0. The van der Waals surface area contributed by atoms with Gasteiger partial charge in [-0.05, 0) is 105 Å². The third-order valence-electron chi connectivity index (χ3n) is 8.21. The first kappa shape index (κ1) is 39.8. The average Bonchev–Trinajstić information content (AvgIpc) is 3.10. The number of halogens is 1. The largest absolute Gasteiger partial charge is 1.00 e. The maximum absolute atomic E-state index is 2.38. The van der Waals surface area contributed by atoms with Gasteiger partial charge < -0.3 is 12.4 Å². The van der Waals surface area contributed by atoms with E-state index in [1.807, 2.05) is 0 Å². The van der Waals surface area contributed by atoms with Crippen molar-refractivity contribution in [2.24, 2.45) is 0 Å². The van der Waals surface area contributed by atoms with Gasteiger partial charge in [0.25, 0.3) is 0 Å². The number of benzene rings is 5. The molecule has 0 amide bonds. The van der Waals surface area contributed by atoms with E-state index in [0.29, 0.717) is 0 Å². The van der Waals surface area contributed by atoms with E-state index in [9.17, 15) is 0 Å². The van der Waals surface area contributed by atoms with Gasteiger partial charge in [0.05, 0.1) is 49.4 Å². The molecule has 0 saturated heterocycles. The first-order chi connectivity index (χ1) is 22.4. The molecule has 0 bridgehead atoms. The van der Waals surface area contributed by atoms with Crippen LogP contribution in [0.5, 0.6) is 0 Å². The maximum atomic E-state index is 2.38. The van der Waals surface area contributed by atoms with Crippen molar-refractivity contribution >= 4 is 50.3 Å². The quantitative estimate of drug-likeness (QED) is 0.145. The summed E-state index contributed by atoms with van der Waals surface area (Å²) in [5, 5.41) is 7.67. The van der Waals surface area contributed by atoms with E-state index in [1.165, 1.54) is 71.5 Å². The molecule has 5 radical (unpaired) electrons. The van der Waals surface area contributed by atoms with Crippen molar-refractivity contribution in [3.05, 3.63) is 177 Å². The molecule has 1 aliphatic rings. The minimum Gasteiger partial charge on any atom is -1.00 e. The van der Waals surface area contributed by atoms with Crippen LogP contribution in [0.25, 0.3) is 0 Å². The Labute approximate surface area is 308 Å². The van der Waals surface area contributed by atoms with Gasteiger partial charge in [-0.3, -0.25) is 0 Å². The molecule has 245 valence electrons. The smallest absolute Gasteiger partial charge is 0.0967 e. The van der Waals surface area contributed by atoms with Crippen LogP contribution in [0.4, 0.5) is 0 Å². The van der Waals surface area contributed by atoms with E-state index < -0.39 is 15.8 Å². The standard InChI is InChI=1S/C34H33P3.C8H12.ClH.Ir/c1-6-16-30(17-7-1)35(26-28-36(31-18-8-2-9-19-31)32-20-10-3-11-21-32)27-29-37(33-22-12-4-13-23-33)34-24-14-5-15-25-34;1-2-4-6-8-7-5-3-1;;/h1-25H,26-29H2;1-2,7-8H,3-6H2;1H;/p+1. The van der Waals surface area contributed by atoms with Gasteiger partial charge in [0.15, 0.2) is 0 Å². The van der Waals surface area contributed by atoms with Gasteiger partial charge in [0, 0.05) is 32.4 Å².